The zero-order valence-electron chi connectivity index (χ0n) is 10.4. The molecule has 0 bridgehead atoms. The van der Waals surface area contributed by atoms with Crippen LogP contribution in [0.15, 0.2) is 30.5 Å². The Morgan fingerprint density at radius 3 is 2.42 bits per heavy atom. The van der Waals surface area contributed by atoms with E-state index in [4.69, 9.17) is 5.73 Å². The maximum Gasteiger partial charge on any atom is 0.107 e. The summed E-state index contributed by atoms with van der Waals surface area (Å²) in [6.45, 7) is -1.21. The van der Waals surface area contributed by atoms with E-state index in [0.29, 0.717) is 16.9 Å². The molecule has 0 radical (unpaired) electrons. The van der Waals surface area contributed by atoms with Crippen molar-refractivity contribution in [3.63, 3.8) is 0 Å². The quantitative estimate of drug-likeness (QED) is 0.483. The minimum absolute atomic E-state index is 0.404. The fourth-order valence-corrected chi connectivity index (χ4v) is 1.85. The van der Waals surface area contributed by atoms with Crippen molar-refractivity contribution in [3.8, 4) is 0 Å². The largest absolute Gasteiger partial charge is 0.398 e. The molecule has 6 heteroatoms. The molecule has 1 heterocycles. The van der Waals surface area contributed by atoms with Crippen LogP contribution in [0.25, 0.3) is 10.9 Å². The number of nitrogen functional groups attached to an aromatic ring is 1. The van der Waals surface area contributed by atoms with Gasteiger partial charge in [-0.1, -0.05) is 0 Å². The fourth-order valence-electron chi connectivity index (χ4n) is 1.85. The Bertz CT molecular complexity index is 562. The SMILES string of the molecule is Nc1ccc(NC(CO)(CO)CO)c2ncccc12. The fraction of sp³-hybridized carbons (Fsp3) is 0.308. The first-order valence-corrected chi connectivity index (χ1v) is 5.90. The van der Waals surface area contributed by atoms with Crippen LogP contribution in [0.2, 0.25) is 0 Å². The second-order valence-electron chi connectivity index (χ2n) is 4.48. The molecular weight excluding hydrogens is 246 g/mol. The molecule has 1 aromatic carbocycles. The van der Waals surface area contributed by atoms with Crippen molar-refractivity contribution in [2.45, 2.75) is 5.54 Å². The Balaban J connectivity index is 2.49. The average molecular weight is 263 g/mol. The summed E-state index contributed by atoms with van der Waals surface area (Å²) in [5, 5.41) is 31.7. The molecule has 0 unspecified atom stereocenters. The number of hydrogen-bond acceptors (Lipinski definition) is 6. The van der Waals surface area contributed by atoms with E-state index in [9.17, 15) is 15.3 Å². The molecule has 0 aliphatic heterocycles. The van der Waals surface area contributed by atoms with Gasteiger partial charge in [0.2, 0.25) is 0 Å². The average Bonchev–Trinajstić information content (AvgIpc) is 2.48. The van der Waals surface area contributed by atoms with Gasteiger partial charge in [0, 0.05) is 17.3 Å². The minimum Gasteiger partial charge on any atom is -0.398 e. The van der Waals surface area contributed by atoms with Crippen molar-refractivity contribution < 1.29 is 15.3 Å². The van der Waals surface area contributed by atoms with E-state index >= 15 is 0 Å². The molecule has 0 aliphatic carbocycles. The first-order chi connectivity index (χ1) is 9.15. The summed E-state index contributed by atoms with van der Waals surface area (Å²) in [7, 11) is 0. The Hall–Kier alpha value is -1.89. The van der Waals surface area contributed by atoms with Crippen LogP contribution in [0, 0.1) is 0 Å². The number of rotatable bonds is 5. The summed E-state index contributed by atoms with van der Waals surface area (Å²) in [5.74, 6) is 0. The van der Waals surface area contributed by atoms with Crippen LogP contribution in [0.3, 0.4) is 0 Å². The molecule has 0 spiro atoms. The lowest BCUT2D eigenvalue weighted by molar-refractivity contribution is 0.0834. The summed E-state index contributed by atoms with van der Waals surface area (Å²) >= 11 is 0. The third kappa shape index (κ3) is 2.46. The lowest BCUT2D eigenvalue weighted by Gasteiger charge is -2.30. The number of aliphatic hydroxyl groups is 3. The monoisotopic (exact) mass is 263 g/mol. The van der Waals surface area contributed by atoms with Crippen LogP contribution in [-0.2, 0) is 0 Å². The van der Waals surface area contributed by atoms with Crippen molar-refractivity contribution in [2.24, 2.45) is 0 Å². The highest BCUT2D eigenvalue weighted by molar-refractivity contribution is 5.98. The lowest BCUT2D eigenvalue weighted by Crippen LogP contribution is -2.49. The molecule has 19 heavy (non-hydrogen) atoms. The van der Waals surface area contributed by atoms with Crippen molar-refractivity contribution in [1.82, 2.24) is 4.98 Å². The van der Waals surface area contributed by atoms with E-state index in [-0.39, 0.29) is 0 Å². The van der Waals surface area contributed by atoms with Crippen molar-refractivity contribution in [2.75, 3.05) is 30.9 Å². The molecule has 0 aliphatic rings. The summed E-state index contributed by atoms with van der Waals surface area (Å²) in [6, 6.07) is 7.03. The highest BCUT2D eigenvalue weighted by Gasteiger charge is 2.28. The summed E-state index contributed by atoms with van der Waals surface area (Å²) in [4.78, 5) is 4.24. The highest BCUT2D eigenvalue weighted by atomic mass is 16.3. The van der Waals surface area contributed by atoms with Crippen molar-refractivity contribution in [1.29, 1.82) is 0 Å². The Morgan fingerprint density at radius 1 is 1.11 bits per heavy atom. The maximum absolute atomic E-state index is 9.34. The van der Waals surface area contributed by atoms with E-state index in [2.05, 4.69) is 10.3 Å². The van der Waals surface area contributed by atoms with Gasteiger partial charge in [-0.25, -0.2) is 0 Å². The number of aliphatic hydroxyl groups excluding tert-OH is 3. The van der Waals surface area contributed by atoms with Crippen LogP contribution in [0.4, 0.5) is 11.4 Å². The van der Waals surface area contributed by atoms with Crippen molar-refractivity contribution in [3.05, 3.63) is 30.5 Å². The number of aromatic nitrogens is 1. The molecule has 2 aromatic rings. The standard InChI is InChI=1S/C13H17N3O3/c14-10-3-4-11(12-9(10)2-1-5-15-12)16-13(6-17,7-18)8-19/h1-5,16-19H,6-8,14H2. The van der Waals surface area contributed by atoms with Crippen molar-refractivity contribution >= 4 is 22.3 Å². The number of hydrogen-bond donors (Lipinski definition) is 5. The van der Waals surface area contributed by atoms with Crippen LogP contribution < -0.4 is 11.1 Å². The van der Waals surface area contributed by atoms with Crippen LogP contribution in [0.1, 0.15) is 0 Å². The topological polar surface area (TPSA) is 112 Å². The highest BCUT2D eigenvalue weighted by Crippen LogP contribution is 2.28. The third-order valence-corrected chi connectivity index (χ3v) is 3.11. The van der Waals surface area contributed by atoms with Gasteiger partial charge >= 0.3 is 0 Å². The minimum atomic E-state index is -1.19. The molecule has 0 atom stereocenters. The summed E-state index contributed by atoms with van der Waals surface area (Å²) < 4.78 is 0. The number of nitrogens with zero attached hydrogens (tertiary/aromatic N) is 1. The number of nitrogens with two attached hydrogens (primary N) is 1. The van der Waals surface area contributed by atoms with Gasteiger partial charge in [-0.05, 0) is 24.3 Å². The molecule has 0 saturated heterocycles. The third-order valence-electron chi connectivity index (χ3n) is 3.11. The second-order valence-corrected chi connectivity index (χ2v) is 4.48. The second kappa shape index (κ2) is 5.40. The Morgan fingerprint density at radius 2 is 1.79 bits per heavy atom. The van der Waals surface area contributed by atoms with E-state index in [1.165, 1.54) is 0 Å². The normalized spacial score (nSPS) is 11.7. The Kier molecular flexibility index (Phi) is 3.84. The van der Waals surface area contributed by atoms with Gasteiger partial charge in [-0.15, -0.1) is 0 Å². The van der Waals surface area contributed by atoms with Gasteiger partial charge < -0.3 is 26.4 Å². The van der Waals surface area contributed by atoms with Gasteiger partial charge in [0.1, 0.15) is 5.54 Å². The number of benzene rings is 1. The summed E-state index contributed by atoms with van der Waals surface area (Å²) in [5.41, 5.74) is 6.50. The number of fused-ring (bicyclic) bond motifs is 1. The zero-order valence-corrected chi connectivity index (χ0v) is 10.4. The first-order valence-electron chi connectivity index (χ1n) is 5.90. The van der Waals surface area contributed by atoms with Crippen LogP contribution >= 0.6 is 0 Å². The van der Waals surface area contributed by atoms with E-state index in [1.807, 2.05) is 6.07 Å². The molecule has 0 amide bonds. The van der Waals surface area contributed by atoms with Gasteiger partial charge in [-0.2, -0.15) is 0 Å². The molecule has 0 fully saturated rings. The molecule has 0 saturated carbocycles. The molecular formula is C13H17N3O3. The number of pyridine rings is 1. The molecule has 102 valence electrons. The maximum atomic E-state index is 9.34. The predicted octanol–water partition coefficient (Wildman–Crippen LogP) is -0.0554. The molecule has 2 rings (SSSR count). The molecule has 6 N–H and O–H groups in total. The lowest BCUT2D eigenvalue weighted by atomic mass is 10.0. The number of anilines is 2. The molecule has 6 nitrogen and oxygen atoms in total. The van der Waals surface area contributed by atoms with Crippen LogP contribution in [0.5, 0.6) is 0 Å². The Labute approximate surface area is 110 Å². The van der Waals surface area contributed by atoms with E-state index in [1.54, 1.807) is 24.4 Å². The predicted molar refractivity (Wildman–Crippen MR) is 73.8 cm³/mol. The van der Waals surface area contributed by atoms with E-state index in [0.717, 1.165) is 5.39 Å². The number of nitrogens with one attached hydrogen (secondary N) is 1. The molecule has 1 aromatic heterocycles. The van der Waals surface area contributed by atoms with Crippen LogP contribution in [-0.4, -0.2) is 45.7 Å². The summed E-state index contributed by atoms with van der Waals surface area (Å²) in [6.07, 6.45) is 1.63. The van der Waals surface area contributed by atoms with Gasteiger partial charge in [0.25, 0.3) is 0 Å². The first kappa shape index (κ1) is 13.5. The smallest absolute Gasteiger partial charge is 0.107 e. The van der Waals surface area contributed by atoms with Gasteiger partial charge in [0.05, 0.1) is 31.0 Å². The zero-order chi connectivity index (χ0) is 13.9. The van der Waals surface area contributed by atoms with Gasteiger partial charge in [0.15, 0.2) is 0 Å². The van der Waals surface area contributed by atoms with E-state index < -0.39 is 25.4 Å². The van der Waals surface area contributed by atoms with Gasteiger partial charge in [-0.3, -0.25) is 4.98 Å².